The lowest BCUT2D eigenvalue weighted by Gasteiger charge is -2.16. The highest BCUT2D eigenvalue weighted by Gasteiger charge is 2.35. The number of hydrogen-bond acceptors (Lipinski definition) is 8. The van der Waals surface area contributed by atoms with Gasteiger partial charge in [-0.05, 0) is 30.3 Å². The third-order valence-corrected chi connectivity index (χ3v) is 5.23. The number of aromatic nitrogens is 2. The highest BCUT2D eigenvalue weighted by molar-refractivity contribution is 5.96. The van der Waals surface area contributed by atoms with Crippen LogP contribution in [-0.2, 0) is 4.79 Å². The second-order valence-electron chi connectivity index (χ2n) is 6.97. The fourth-order valence-electron chi connectivity index (χ4n) is 3.67. The predicted octanol–water partition coefficient (Wildman–Crippen LogP) is 3.00. The van der Waals surface area contributed by atoms with E-state index in [2.05, 4.69) is 10.1 Å². The minimum Gasteiger partial charge on any atom is -0.493 e. The molecule has 2 aliphatic rings. The molecule has 1 aromatic heterocycles. The first kappa shape index (κ1) is 18.3. The summed E-state index contributed by atoms with van der Waals surface area (Å²) in [6.07, 6.45) is 0.305. The van der Waals surface area contributed by atoms with Crippen molar-refractivity contribution in [2.24, 2.45) is 0 Å². The summed E-state index contributed by atoms with van der Waals surface area (Å²) in [5, 5.41) is 4.11. The Labute approximate surface area is 172 Å². The number of fused-ring (bicyclic) bond motifs is 1. The summed E-state index contributed by atoms with van der Waals surface area (Å²) in [5.41, 5.74) is 1.47. The smallest absolute Gasteiger partial charge is 0.258 e. The van der Waals surface area contributed by atoms with Gasteiger partial charge in [0.1, 0.15) is 0 Å². The fourth-order valence-corrected chi connectivity index (χ4v) is 3.67. The minimum atomic E-state index is -0.166. The molecule has 2 aliphatic heterocycles. The van der Waals surface area contributed by atoms with E-state index < -0.39 is 0 Å². The topological polar surface area (TPSA) is 96.2 Å². The number of anilines is 1. The zero-order valence-electron chi connectivity index (χ0n) is 16.5. The van der Waals surface area contributed by atoms with Crippen LogP contribution in [0.5, 0.6) is 23.0 Å². The molecule has 0 bridgehead atoms. The van der Waals surface area contributed by atoms with Crippen LogP contribution in [0.15, 0.2) is 40.9 Å². The third kappa shape index (κ3) is 3.08. The molecule has 3 heterocycles. The lowest BCUT2D eigenvalue weighted by atomic mass is 10.1. The summed E-state index contributed by atoms with van der Waals surface area (Å²) in [6, 6.07) is 10.8. The van der Waals surface area contributed by atoms with Gasteiger partial charge < -0.3 is 28.4 Å². The average molecular weight is 409 g/mol. The number of ether oxygens (including phenoxy) is 4. The number of nitrogens with zero attached hydrogens (tertiary/aromatic N) is 3. The molecule has 0 N–H and O–H groups in total. The van der Waals surface area contributed by atoms with Crippen molar-refractivity contribution in [2.45, 2.75) is 12.3 Å². The Balaban J connectivity index is 1.36. The molecule has 0 aliphatic carbocycles. The van der Waals surface area contributed by atoms with Gasteiger partial charge in [0, 0.05) is 36.2 Å². The van der Waals surface area contributed by atoms with Gasteiger partial charge in [-0.2, -0.15) is 4.98 Å². The summed E-state index contributed by atoms with van der Waals surface area (Å²) in [4.78, 5) is 18.9. The summed E-state index contributed by atoms with van der Waals surface area (Å²) >= 11 is 0. The van der Waals surface area contributed by atoms with Gasteiger partial charge in [-0.15, -0.1) is 0 Å². The molecule has 1 unspecified atom stereocenters. The highest BCUT2D eigenvalue weighted by atomic mass is 16.7. The second-order valence-corrected chi connectivity index (χ2v) is 6.97. The number of methoxy groups -OCH3 is 2. The van der Waals surface area contributed by atoms with E-state index in [4.69, 9.17) is 23.5 Å². The van der Waals surface area contributed by atoms with E-state index in [1.807, 2.05) is 24.3 Å². The van der Waals surface area contributed by atoms with Gasteiger partial charge >= 0.3 is 0 Å². The first-order valence-corrected chi connectivity index (χ1v) is 9.42. The van der Waals surface area contributed by atoms with E-state index in [1.54, 1.807) is 31.3 Å². The average Bonchev–Trinajstić information content (AvgIpc) is 3.51. The summed E-state index contributed by atoms with van der Waals surface area (Å²) < 4.78 is 26.8. The number of hydrogen-bond donors (Lipinski definition) is 0. The minimum absolute atomic E-state index is 0.00340. The summed E-state index contributed by atoms with van der Waals surface area (Å²) in [5.74, 6) is 3.19. The van der Waals surface area contributed by atoms with Gasteiger partial charge in [0.15, 0.2) is 28.8 Å². The highest BCUT2D eigenvalue weighted by Crippen LogP contribution is 2.39. The number of rotatable bonds is 5. The number of amides is 1. The van der Waals surface area contributed by atoms with Crippen LogP contribution in [0.4, 0.5) is 5.69 Å². The van der Waals surface area contributed by atoms with E-state index in [1.165, 1.54) is 0 Å². The van der Waals surface area contributed by atoms with Crippen LogP contribution in [0, 0.1) is 0 Å². The maximum absolute atomic E-state index is 12.6. The Kier molecular flexibility index (Phi) is 4.42. The molecule has 0 spiro atoms. The lowest BCUT2D eigenvalue weighted by Crippen LogP contribution is -2.24. The van der Waals surface area contributed by atoms with Gasteiger partial charge in [0.25, 0.3) is 5.89 Å². The van der Waals surface area contributed by atoms with Crippen molar-refractivity contribution >= 4 is 11.6 Å². The predicted molar refractivity (Wildman–Crippen MR) is 105 cm³/mol. The fraction of sp³-hybridized carbons (Fsp3) is 0.286. The molecule has 0 saturated carbocycles. The maximum Gasteiger partial charge on any atom is 0.258 e. The van der Waals surface area contributed by atoms with Gasteiger partial charge in [-0.1, -0.05) is 5.16 Å². The molecule has 1 fully saturated rings. The van der Waals surface area contributed by atoms with Gasteiger partial charge in [-0.25, -0.2) is 0 Å². The van der Waals surface area contributed by atoms with Crippen LogP contribution in [0.2, 0.25) is 0 Å². The summed E-state index contributed by atoms with van der Waals surface area (Å²) in [6.45, 7) is 0.653. The van der Waals surface area contributed by atoms with Gasteiger partial charge in [0.2, 0.25) is 12.7 Å². The first-order chi connectivity index (χ1) is 14.7. The Morgan fingerprint density at radius 1 is 1.03 bits per heavy atom. The van der Waals surface area contributed by atoms with Crippen molar-refractivity contribution in [2.75, 3.05) is 32.5 Å². The Hall–Kier alpha value is -3.75. The monoisotopic (exact) mass is 409 g/mol. The van der Waals surface area contributed by atoms with Crippen molar-refractivity contribution in [1.29, 1.82) is 0 Å². The normalized spacial score (nSPS) is 17.5. The molecule has 1 amide bonds. The quantitative estimate of drug-likeness (QED) is 0.635. The van der Waals surface area contributed by atoms with Crippen LogP contribution >= 0.6 is 0 Å². The van der Waals surface area contributed by atoms with Crippen molar-refractivity contribution in [3.05, 3.63) is 42.2 Å². The van der Waals surface area contributed by atoms with Gasteiger partial charge in [0.05, 0.1) is 14.2 Å². The molecule has 9 heteroatoms. The standard InChI is InChI=1S/C21H19N3O6/c1-26-15-5-3-12(7-17(15)27-2)21-22-20(23-30-21)13-8-19(25)24(10-13)14-4-6-16-18(9-14)29-11-28-16/h3-7,9,13H,8,10-11H2,1-2H3. The molecule has 3 aromatic rings. The molecule has 1 atom stereocenters. The van der Waals surface area contributed by atoms with Crippen molar-refractivity contribution < 1.29 is 28.3 Å². The van der Waals surface area contributed by atoms with Crippen LogP contribution in [-0.4, -0.2) is 43.6 Å². The second kappa shape index (κ2) is 7.25. The van der Waals surface area contributed by atoms with E-state index in [0.29, 0.717) is 53.2 Å². The van der Waals surface area contributed by atoms with E-state index >= 15 is 0 Å². The van der Waals surface area contributed by atoms with Crippen LogP contribution in [0.3, 0.4) is 0 Å². The number of benzene rings is 2. The Bertz CT molecular complexity index is 1110. The molecule has 5 rings (SSSR count). The van der Waals surface area contributed by atoms with Crippen LogP contribution in [0.1, 0.15) is 18.2 Å². The molecular formula is C21H19N3O6. The number of carbonyl (C=O) groups is 1. The Morgan fingerprint density at radius 3 is 2.70 bits per heavy atom. The molecular weight excluding hydrogens is 390 g/mol. The molecule has 2 aromatic carbocycles. The largest absolute Gasteiger partial charge is 0.493 e. The SMILES string of the molecule is COc1ccc(-c2nc(C3CC(=O)N(c4ccc5c(c4)OCO5)C3)no2)cc1OC. The molecule has 9 nitrogen and oxygen atoms in total. The van der Waals surface area contributed by atoms with Crippen molar-refractivity contribution in [3.8, 4) is 34.5 Å². The zero-order chi connectivity index (χ0) is 20.7. The van der Waals surface area contributed by atoms with Crippen molar-refractivity contribution in [1.82, 2.24) is 10.1 Å². The van der Waals surface area contributed by atoms with Crippen LogP contribution < -0.4 is 23.8 Å². The summed E-state index contributed by atoms with van der Waals surface area (Å²) in [7, 11) is 3.14. The molecule has 1 saturated heterocycles. The zero-order valence-corrected chi connectivity index (χ0v) is 16.5. The number of carbonyl (C=O) groups excluding carboxylic acids is 1. The van der Waals surface area contributed by atoms with Gasteiger partial charge in [-0.3, -0.25) is 4.79 Å². The molecule has 0 radical (unpaired) electrons. The van der Waals surface area contributed by atoms with E-state index in [-0.39, 0.29) is 18.6 Å². The van der Waals surface area contributed by atoms with Crippen molar-refractivity contribution in [3.63, 3.8) is 0 Å². The third-order valence-electron chi connectivity index (χ3n) is 5.23. The van der Waals surface area contributed by atoms with Crippen LogP contribution in [0.25, 0.3) is 11.5 Å². The van der Waals surface area contributed by atoms with E-state index in [9.17, 15) is 4.79 Å². The first-order valence-electron chi connectivity index (χ1n) is 9.42. The Morgan fingerprint density at radius 2 is 1.87 bits per heavy atom. The molecule has 154 valence electrons. The molecule has 30 heavy (non-hydrogen) atoms. The maximum atomic E-state index is 12.6. The lowest BCUT2D eigenvalue weighted by molar-refractivity contribution is -0.117. The van der Waals surface area contributed by atoms with E-state index in [0.717, 1.165) is 5.69 Å².